The zero-order chi connectivity index (χ0) is 11.6. The van der Waals surface area contributed by atoms with Crippen LogP contribution in [0.1, 0.15) is 0 Å². The topological polar surface area (TPSA) is 145 Å². The monoisotopic (exact) mass is 222 g/mol. The van der Waals surface area contributed by atoms with Gasteiger partial charge in [0.15, 0.2) is 6.10 Å². The fourth-order valence-electron chi connectivity index (χ4n) is 1.40. The number of hydrogen-bond acceptors (Lipinski definition) is 7. The van der Waals surface area contributed by atoms with Gasteiger partial charge in [-0.25, -0.2) is 5.84 Å². The summed E-state index contributed by atoms with van der Waals surface area (Å²) in [7, 11) is 0. The molecule has 4 unspecified atom stereocenters. The van der Waals surface area contributed by atoms with Crippen LogP contribution in [-0.4, -0.2) is 63.5 Å². The van der Waals surface area contributed by atoms with Gasteiger partial charge in [-0.05, 0) is 0 Å². The van der Waals surface area contributed by atoms with Gasteiger partial charge in [-0.3, -0.25) is 10.2 Å². The van der Waals surface area contributed by atoms with Gasteiger partial charge in [0, 0.05) is 0 Å². The van der Waals surface area contributed by atoms with Gasteiger partial charge in [-0.1, -0.05) is 0 Å². The van der Waals surface area contributed by atoms with Crippen LogP contribution in [0.5, 0.6) is 0 Å². The number of nitrogens with two attached hydrogens (primary N) is 1. The quantitative estimate of drug-likeness (QED) is 0.158. The average Bonchev–Trinajstić information content (AvgIpc) is 2.25. The molecule has 5 atom stereocenters. The van der Waals surface area contributed by atoms with Crippen molar-refractivity contribution < 1.29 is 30.0 Å². The molecule has 1 rings (SSSR count). The third kappa shape index (κ3) is 2.25. The van der Waals surface area contributed by atoms with E-state index in [9.17, 15) is 20.1 Å². The Morgan fingerprint density at radius 1 is 1.27 bits per heavy atom. The summed E-state index contributed by atoms with van der Waals surface area (Å²) >= 11 is 0. The molecule has 1 amide bonds. The molecule has 15 heavy (non-hydrogen) atoms. The molecule has 88 valence electrons. The Bertz CT molecular complexity index is 236. The molecule has 0 aromatic rings. The van der Waals surface area contributed by atoms with Crippen LogP contribution in [0, 0.1) is 0 Å². The Hall–Kier alpha value is -0.770. The maximum atomic E-state index is 11.1. The number of rotatable bonds is 2. The van der Waals surface area contributed by atoms with Crippen molar-refractivity contribution in [3.63, 3.8) is 0 Å². The van der Waals surface area contributed by atoms with Gasteiger partial charge in [0.05, 0.1) is 6.61 Å². The smallest absolute Gasteiger partial charge is 0.265 e. The van der Waals surface area contributed by atoms with E-state index in [4.69, 9.17) is 15.7 Å². The van der Waals surface area contributed by atoms with Gasteiger partial charge in [0.25, 0.3) is 5.91 Å². The van der Waals surface area contributed by atoms with Crippen LogP contribution in [0.4, 0.5) is 0 Å². The van der Waals surface area contributed by atoms with Crippen molar-refractivity contribution in [3.05, 3.63) is 0 Å². The number of aliphatic hydroxyl groups is 4. The molecule has 1 heterocycles. The predicted octanol–water partition coefficient (Wildman–Crippen LogP) is -4.18. The number of hydrogen-bond donors (Lipinski definition) is 6. The maximum Gasteiger partial charge on any atom is 0.265 e. The third-order valence-corrected chi connectivity index (χ3v) is 2.29. The first kappa shape index (κ1) is 12.3. The minimum atomic E-state index is -1.59. The van der Waals surface area contributed by atoms with Crippen molar-refractivity contribution in [1.29, 1.82) is 0 Å². The van der Waals surface area contributed by atoms with Crippen LogP contribution in [0.15, 0.2) is 0 Å². The van der Waals surface area contributed by atoms with Crippen molar-refractivity contribution in [2.24, 2.45) is 5.84 Å². The maximum absolute atomic E-state index is 11.1. The molecule has 0 aromatic heterocycles. The van der Waals surface area contributed by atoms with Gasteiger partial charge in [-0.2, -0.15) is 0 Å². The molecule has 8 nitrogen and oxygen atoms in total. The third-order valence-electron chi connectivity index (χ3n) is 2.29. The van der Waals surface area contributed by atoms with E-state index in [1.54, 1.807) is 5.43 Å². The van der Waals surface area contributed by atoms with Gasteiger partial charge in [0.1, 0.15) is 24.4 Å². The van der Waals surface area contributed by atoms with Gasteiger partial charge in [-0.15, -0.1) is 0 Å². The van der Waals surface area contributed by atoms with E-state index in [2.05, 4.69) is 0 Å². The van der Waals surface area contributed by atoms with Crippen molar-refractivity contribution in [1.82, 2.24) is 5.43 Å². The fourth-order valence-corrected chi connectivity index (χ4v) is 1.40. The lowest BCUT2D eigenvalue weighted by Crippen LogP contribution is -2.62. The highest BCUT2D eigenvalue weighted by Crippen LogP contribution is 2.20. The van der Waals surface area contributed by atoms with Crippen LogP contribution in [0.25, 0.3) is 0 Å². The lowest BCUT2D eigenvalue weighted by molar-refractivity contribution is -0.226. The predicted molar refractivity (Wildman–Crippen MR) is 46.1 cm³/mol. The summed E-state index contributed by atoms with van der Waals surface area (Å²) in [5.74, 6) is 3.99. The van der Waals surface area contributed by atoms with E-state index >= 15 is 0 Å². The second-order valence-electron chi connectivity index (χ2n) is 3.26. The van der Waals surface area contributed by atoms with Crippen molar-refractivity contribution >= 4 is 5.91 Å². The Morgan fingerprint density at radius 3 is 2.33 bits per heavy atom. The number of amides is 1. The molecule has 8 heteroatoms. The highest BCUT2D eigenvalue weighted by atomic mass is 16.5. The van der Waals surface area contributed by atoms with Gasteiger partial charge >= 0.3 is 0 Å². The number of nitrogens with one attached hydrogen (secondary N) is 1. The number of carbonyl (C=O) groups excluding carboxylic acids is 1. The van der Waals surface area contributed by atoms with Crippen molar-refractivity contribution in [2.45, 2.75) is 30.5 Å². The van der Waals surface area contributed by atoms with Crippen LogP contribution in [-0.2, 0) is 9.53 Å². The first-order valence-electron chi connectivity index (χ1n) is 4.34. The highest BCUT2D eigenvalue weighted by molar-refractivity contribution is 5.81. The fraction of sp³-hybridized carbons (Fsp3) is 0.857. The number of hydrazine groups is 1. The molecule has 0 aromatic carbocycles. The molecular formula is C7H14N2O6. The summed E-state index contributed by atoms with van der Waals surface area (Å²) in [5.41, 5.74) is 1.75. The summed E-state index contributed by atoms with van der Waals surface area (Å²) in [5, 5.41) is 36.9. The SMILES string of the molecule is NNC(=O)[C@@H]1OC(CO)C(O)C(O)C1O. The Labute approximate surface area is 85.2 Å². The lowest BCUT2D eigenvalue weighted by Gasteiger charge is -2.38. The molecule has 7 N–H and O–H groups in total. The summed E-state index contributed by atoms with van der Waals surface area (Å²) in [6.45, 7) is -0.584. The summed E-state index contributed by atoms with van der Waals surface area (Å²) in [6.07, 6.45) is -7.16. The first-order chi connectivity index (χ1) is 7.02. The largest absolute Gasteiger partial charge is 0.394 e. The molecule has 1 aliphatic rings. The van der Waals surface area contributed by atoms with E-state index in [1.165, 1.54) is 0 Å². The van der Waals surface area contributed by atoms with Crippen LogP contribution in [0.3, 0.4) is 0 Å². The summed E-state index contributed by atoms with van der Waals surface area (Å²) < 4.78 is 4.88. The summed E-state index contributed by atoms with van der Waals surface area (Å²) in [4.78, 5) is 11.1. The Balaban J connectivity index is 2.78. The van der Waals surface area contributed by atoms with E-state index in [-0.39, 0.29) is 0 Å². The van der Waals surface area contributed by atoms with E-state index in [0.29, 0.717) is 0 Å². The molecule has 1 fully saturated rings. The van der Waals surface area contributed by atoms with Crippen LogP contribution < -0.4 is 11.3 Å². The van der Waals surface area contributed by atoms with E-state index < -0.39 is 43.0 Å². The number of aliphatic hydroxyl groups excluding tert-OH is 4. The van der Waals surface area contributed by atoms with Crippen molar-refractivity contribution in [3.8, 4) is 0 Å². The Kier molecular flexibility index (Phi) is 3.97. The normalized spacial score (nSPS) is 41.3. The molecule has 0 spiro atoms. The minimum Gasteiger partial charge on any atom is -0.394 e. The second kappa shape index (κ2) is 4.84. The first-order valence-corrected chi connectivity index (χ1v) is 4.34. The summed E-state index contributed by atoms with van der Waals surface area (Å²) in [6, 6.07) is 0. The molecule has 0 saturated carbocycles. The molecule has 1 aliphatic heterocycles. The van der Waals surface area contributed by atoms with E-state index in [1.807, 2.05) is 0 Å². The van der Waals surface area contributed by atoms with Crippen LogP contribution >= 0.6 is 0 Å². The lowest BCUT2D eigenvalue weighted by atomic mass is 9.95. The van der Waals surface area contributed by atoms with Crippen molar-refractivity contribution in [2.75, 3.05) is 6.61 Å². The highest BCUT2D eigenvalue weighted by Gasteiger charge is 2.46. The zero-order valence-electron chi connectivity index (χ0n) is 7.78. The standard InChI is InChI=1S/C7H14N2O6/c8-9-7(14)6-5(13)4(12)3(11)2(1-10)15-6/h2-6,10-13H,1,8H2,(H,9,14)/t2?,3?,4?,5?,6-/m1/s1. The van der Waals surface area contributed by atoms with Gasteiger partial charge in [0.2, 0.25) is 0 Å². The van der Waals surface area contributed by atoms with Gasteiger partial charge < -0.3 is 25.2 Å². The molecule has 0 aliphatic carbocycles. The minimum absolute atomic E-state index is 0.584. The Morgan fingerprint density at radius 2 is 1.87 bits per heavy atom. The molecule has 1 saturated heterocycles. The zero-order valence-corrected chi connectivity index (χ0v) is 7.78. The average molecular weight is 222 g/mol. The second-order valence-corrected chi connectivity index (χ2v) is 3.26. The molecule has 0 bridgehead atoms. The van der Waals surface area contributed by atoms with E-state index in [0.717, 1.165) is 0 Å². The number of carbonyl (C=O) groups is 1. The van der Waals surface area contributed by atoms with Crippen LogP contribution in [0.2, 0.25) is 0 Å². The molecule has 0 radical (unpaired) electrons. The molecular weight excluding hydrogens is 208 g/mol. The number of ether oxygens (including phenoxy) is 1.